The monoisotopic (exact) mass is 312 g/mol. The van der Waals surface area contributed by atoms with Gasteiger partial charge in [-0.1, -0.05) is 29.8 Å². The highest BCUT2D eigenvalue weighted by Crippen LogP contribution is 2.21. The molecule has 1 aromatic heterocycles. The molecule has 2 heterocycles. The van der Waals surface area contributed by atoms with E-state index in [2.05, 4.69) is 5.32 Å². The average Bonchev–Trinajstić information content (AvgIpc) is 3.00. The minimum atomic E-state index is -0.370. The predicted octanol–water partition coefficient (Wildman–Crippen LogP) is 3.46. The molecule has 2 aromatic rings. The van der Waals surface area contributed by atoms with Crippen molar-refractivity contribution in [3.8, 4) is 0 Å². The fourth-order valence-electron chi connectivity index (χ4n) is 2.26. The molecule has 0 unspecified atom stereocenters. The molecule has 1 fully saturated rings. The maximum absolute atomic E-state index is 12.4. The molecule has 4 nitrogen and oxygen atoms in total. The molecule has 0 aliphatic carbocycles. The fourth-order valence-corrected chi connectivity index (χ4v) is 3.09. The molecule has 5 heteroatoms. The summed E-state index contributed by atoms with van der Waals surface area (Å²) >= 11 is 1.59. The van der Waals surface area contributed by atoms with Crippen molar-refractivity contribution in [2.45, 2.75) is 20.4 Å². The van der Waals surface area contributed by atoms with Crippen LogP contribution in [0, 0.1) is 13.8 Å². The van der Waals surface area contributed by atoms with Gasteiger partial charge in [0.1, 0.15) is 5.70 Å². The maximum atomic E-state index is 12.4. The quantitative estimate of drug-likeness (QED) is 0.697. The van der Waals surface area contributed by atoms with Gasteiger partial charge in [0, 0.05) is 9.75 Å². The lowest BCUT2D eigenvalue weighted by Crippen LogP contribution is -2.30. The average molecular weight is 312 g/mol. The number of benzene rings is 1. The Morgan fingerprint density at radius 2 is 1.82 bits per heavy atom. The van der Waals surface area contributed by atoms with E-state index in [0.29, 0.717) is 5.70 Å². The van der Waals surface area contributed by atoms with E-state index in [1.54, 1.807) is 17.4 Å². The number of imide groups is 1. The number of thiophene rings is 1. The minimum absolute atomic E-state index is 0.281. The van der Waals surface area contributed by atoms with Crippen LogP contribution in [0.1, 0.15) is 20.9 Å². The van der Waals surface area contributed by atoms with Crippen molar-refractivity contribution >= 4 is 29.4 Å². The summed E-state index contributed by atoms with van der Waals surface area (Å²) in [6.07, 6.45) is 1.73. The normalized spacial score (nSPS) is 16.5. The number of carbonyl (C=O) groups excluding carboxylic acids is 2. The van der Waals surface area contributed by atoms with Gasteiger partial charge in [-0.2, -0.15) is 0 Å². The number of carbonyl (C=O) groups is 2. The smallest absolute Gasteiger partial charge is 0.303 e. The van der Waals surface area contributed by atoms with Crippen LogP contribution >= 0.6 is 11.3 Å². The number of urea groups is 1. The van der Waals surface area contributed by atoms with Gasteiger partial charge in [0.05, 0.1) is 6.54 Å². The molecule has 112 valence electrons. The van der Waals surface area contributed by atoms with E-state index in [9.17, 15) is 9.59 Å². The Kier molecular flexibility index (Phi) is 3.81. The van der Waals surface area contributed by atoms with Crippen molar-refractivity contribution in [1.82, 2.24) is 10.2 Å². The largest absolute Gasteiger partial charge is 0.329 e. The number of aryl methyl sites for hydroxylation is 2. The van der Waals surface area contributed by atoms with Crippen LogP contribution in [0.2, 0.25) is 0 Å². The van der Waals surface area contributed by atoms with Gasteiger partial charge in [0.2, 0.25) is 0 Å². The first-order valence-corrected chi connectivity index (χ1v) is 7.81. The number of hydrogen-bond donors (Lipinski definition) is 1. The second-order valence-corrected chi connectivity index (χ2v) is 6.63. The van der Waals surface area contributed by atoms with Gasteiger partial charge in [-0.15, -0.1) is 11.3 Å². The lowest BCUT2D eigenvalue weighted by atomic mass is 10.1. The highest BCUT2D eigenvalue weighted by atomic mass is 32.1. The van der Waals surface area contributed by atoms with E-state index in [1.807, 2.05) is 50.2 Å². The highest BCUT2D eigenvalue weighted by Gasteiger charge is 2.33. The van der Waals surface area contributed by atoms with Crippen LogP contribution in [0.5, 0.6) is 0 Å². The summed E-state index contributed by atoms with van der Waals surface area (Å²) in [6, 6.07) is 11.4. The number of hydrogen-bond acceptors (Lipinski definition) is 3. The Balaban J connectivity index is 1.79. The van der Waals surface area contributed by atoms with Crippen molar-refractivity contribution in [1.29, 1.82) is 0 Å². The molecule has 0 radical (unpaired) electrons. The van der Waals surface area contributed by atoms with Gasteiger partial charge in [0.25, 0.3) is 5.91 Å². The molecule has 0 spiro atoms. The summed E-state index contributed by atoms with van der Waals surface area (Å²) in [6.45, 7) is 4.29. The van der Waals surface area contributed by atoms with Crippen LogP contribution in [-0.2, 0) is 11.3 Å². The fraction of sp³-hybridized carbons (Fsp3) is 0.176. The summed E-state index contributed by atoms with van der Waals surface area (Å²) in [5.41, 5.74) is 2.41. The van der Waals surface area contributed by atoms with E-state index in [-0.39, 0.29) is 18.5 Å². The van der Waals surface area contributed by atoms with E-state index >= 15 is 0 Å². The topological polar surface area (TPSA) is 49.4 Å². The Morgan fingerprint density at radius 1 is 1.09 bits per heavy atom. The Bertz CT molecular complexity index is 759. The van der Waals surface area contributed by atoms with Crippen molar-refractivity contribution < 1.29 is 9.59 Å². The molecule has 0 atom stereocenters. The van der Waals surface area contributed by atoms with Crippen molar-refractivity contribution in [3.63, 3.8) is 0 Å². The van der Waals surface area contributed by atoms with Gasteiger partial charge in [-0.05, 0) is 37.6 Å². The lowest BCUT2D eigenvalue weighted by Gasteiger charge is -2.11. The molecular formula is C17H16N2O2S. The molecule has 3 rings (SSSR count). The SMILES string of the molecule is Cc1ccc(CN2C(=O)N/C(=C/c3ccc(C)s3)C2=O)cc1. The maximum Gasteiger partial charge on any atom is 0.329 e. The number of rotatable bonds is 3. The Morgan fingerprint density at radius 3 is 2.45 bits per heavy atom. The van der Waals surface area contributed by atoms with Crippen LogP contribution in [0.15, 0.2) is 42.1 Å². The molecule has 1 aliphatic rings. The van der Waals surface area contributed by atoms with Crippen molar-refractivity contribution in [3.05, 3.63) is 63.0 Å². The van der Waals surface area contributed by atoms with Crippen molar-refractivity contribution in [2.24, 2.45) is 0 Å². The zero-order valence-corrected chi connectivity index (χ0v) is 13.2. The summed E-state index contributed by atoms with van der Waals surface area (Å²) < 4.78 is 0. The molecule has 0 bridgehead atoms. The standard InChI is InChI=1S/C17H16N2O2S/c1-11-3-6-13(7-4-11)10-19-16(20)15(18-17(19)21)9-14-8-5-12(2)22-14/h3-9H,10H2,1-2H3,(H,18,21)/b15-9+. The van der Waals surface area contributed by atoms with Crippen LogP contribution in [0.4, 0.5) is 4.79 Å². The van der Waals surface area contributed by atoms with E-state index in [1.165, 1.54) is 9.78 Å². The first kappa shape index (κ1) is 14.5. The van der Waals surface area contributed by atoms with Gasteiger partial charge in [-0.3, -0.25) is 9.69 Å². The zero-order valence-electron chi connectivity index (χ0n) is 12.4. The molecule has 1 N–H and O–H groups in total. The zero-order chi connectivity index (χ0) is 15.7. The molecule has 22 heavy (non-hydrogen) atoms. The number of nitrogens with zero attached hydrogens (tertiary/aromatic N) is 1. The van der Waals surface area contributed by atoms with Crippen LogP contribution < -0.4 is 5.32 Å². The van der Waals surface area contributed by atoms with Crippen LogP contribution in [0.3, 0.4) is 0 Å². The van der Waals surface area contributed by atoms with E-state index in [4.69, 9.17) is 0 Å². The van der Waals surface area contributed by atoms with E-state index < -0.39 is 0 Å². The van der Waals surface area contributed by atoms with Gasteiger partial charge < -0.3 is 5.32 Å². The Hall–Kier alpha value is -2.40. The first-order valence-electron chi connectivity index (χ1n) is 6.99. The third-order valence-electron chi connectivity index (χ3n) is 3.47. The molecule has 3 amide bonds. The molecule has 1 aliphatic heterocycles. The second kappa shape index (κ2) is 5.77. The number of amides is 3. The third-order valence-corrected chi connectivity index (χ3v) is 4.42. The van der Waals surface area contributed by atoms with Gasteiger partial charge >= 0.3 is 6.03 Å². The van der Waals surface area contributed by atoms with Crippen LogP contribution in [-0.4, -0.2) is 16.8 Å². The molecular weight excluding hydrogens is 296 g/mol. The highest BCUT2D eigenvalue weighted by molar-refractivity contribution is 7.12. The summed E-state index contributed by atoms with van der Waals surface area (Å²) in [5.74, 6) is -0.281. The lowest BCUT2D eigenvalue weighted by molar-refractivity contribution is -0.123. The molecule has 1 saturated heterocycles. The molecule has 1 aromatic carbocycles. The minimum Gasteiger partial charge on any atom is -0.303 e. The first-order chi connectivity index (χ1) is 10.5. The summed E-state index contributed by atoms with van der Waals surface area (Å²) in [5, 5.41) is 2.65. The summed E-state index contributed by atoms with van der Waals surface area (Å²) in [4.78, 5) is 27.8. The predicted molar refractivity (Wildman–Crippen MR) is 87.3 cm³/mol. The molecule has 0 saturated carbocycles. The van der Waals surface area contributed by atoms with Crippen LogP contribution in [0.25, 0.3) is 6.08 Å². The summed E-state index contributed by atoms with van der Waals surface area (Å²) in [7, 11) is 0. The number of nitrogens with one attached hydrogen (secondary N) is 1. The third kappa shape index (κ3) is 2.94. The van der Waals surface area contributed by atoms with Crippen molar-refractivity contribution in [2.75, 3.05) is 0 Å². The van der Waals surface area contributed by atoms with E-state index in [0.717, 1.165) is 16.0 Å². The Labute approximate surface area is 133 Å². The second-order valence-electron chi connectivity index (χ2n) is 5.31. The van der Waals surface area contributed by atoms with Gasteiger partial charge in [0.15, 0.2) is 0 Å². The van der Waals surface area contributed by atoms with Gasteiger partial charge in [-0.25, -0.2) is 4.79 Å².